The minimum Gasteiger partial charge on any atom is -0.489 e. The SMILES string of the molecule is Cc1ccc(N2C[C@@H](C(=O)N/N=C/c3ccc(OCc4ccc(Br)cc4)cc3)CC2=O)cc1. The third kappa shape index (κ3) is 6.08. The Morgan fingerprint density at radius 1 is 1.09 bits per heavy atom. The molecule has 0 unspecified atom stereocenters. The molecule has 3 aromatic rings. The smallest absolute Gasteiger partial charge is 0.245 e. The van der Waals surface area contributed by atoms with Gasteiger partial charge in [-0.05, 0) is 66.6 Å². The van der Waals surface area contributed by atoms with E-state index in [4.69, 9.17) is 4.74 Å². The monoisotopic (exact) mass is 505 g/mol. The zero-order chi connectivity index (χ0) is 23.2. The Labute approximate surface area is 201 Å². The van der Waals surface area contributed by atoms with Gasteiger partial charge < -0.3 is 9.64 Å². The molecule has 3 aromatic carbocycles. The molecule has 1 fully saturated rings. The average molecular weight is 506 g/mol. The normalized spacial score (nSPS) is 15.8. The predicted octanol–water partition coefficient (Wildman–Crippen LogP) is 4.84. The van der Waals surface area contributed by atoms with Crippen molar-refractivity contribution in [2.24, 2.45) is 11.0 Å². The van der Waals surface area contributed by atoms with Crippen LogP contribution in [0.3, 0.4) is 0 Å². The molecule has 6 nitrogen and oxygen atoms in total. The van der Waals surface area contributed by atoms with Crippen LogP contribution in [0.4, 0.5) is 5.69 Å². The van der Waals surface area contributed by atoms with Gasteiger partial charge in [0, 0.05) is 23.1 Å². The number of anilines is 1. The summed E-state index contributed by atoms with van der Waals surface area (Å²) in [6.07, 6.45) is 1.75. The van der Waals surface area contributed by atoms with E-state index in [1.165, 1.54) is 0 Å². The van der Waals surface area contributed by atoms with Gasteiger partial charge in [0.05, 0.1) is 12.1 Å². The maximum absolute atomic E-state index is 12.5. The summed E-state index contributed by atoms with van der Waals surface area (Å²) in [5.74, 6) is 0.00970. The Morgan fingerprint density at radius 2 is 1.79 bits per heavy atom. The highest BCUT2D eigenvalue weighted by molar-refractivity contribution is 9.10. The zero-order valence-corrected chi connectivity index (χ0v) is 19.8. The number of amides is 2. The quantitative estimate of drug-likeness (QED) is 0.368. The summed E-state index contributed by atoms with van der Waals surface area (Å²) < 4.78 is 6.83. The summed E-state index contributed by atoms with van der Waals surface area (Å²) in [5.41, 5.74) is 6.40. The second-order valence-corrected chi connectivity index (χ2v) is 8.88. The Morgan fingerprint density at radius 3 is 2.48 bits per heavy atom. The van der Waals surface area contributed by atoms with Crippen molar-refractivity contribution in [1.82, 2.24) is 5.43 Å². The molecule has 0 spiro atoms. The molecule has 1 atom stereocenters. The second-order valence-electron chi connectivity index (χ2n) is 7.96. The maximum atomic E-state index is 12.5. The number of hydrogen-bond acceptors (Lipinski definition) is 4. The lowest BCUT2D eigenvalue weighted by atomic mass is 10.1. The van der Waals surface area contributed by atoms with Gasteiger partial charge in [-0.1, -0.05) is 45.8 Å². The number of aryl methyl sites for hydroxylation is 1. The van der Waals surface area contributed by atoms with Gasteiger partial charge in [-0.2, -0.15) is 5.10 Å². The highest BCUT2D eigenvalue weighted by Gasteiger charge is 2.35. The topological polar surface area (TPSA) is 71.0 Å². The Bertz CT molecular complexity index is 1140. The first-order valence-electron chi connectivity index (χ1n) is 10.7. The van der Waals surface area contributed by atoms with Crippen LogP contribution >= 0.6 is 15.9 Å². The molecule has 1 aliphatic heterocycles. The Kier molecular flexibility index (Phi) is 7.19. The van der Waals surface area contributed by atoms with Crippen LogP contribution < -0.4 is 15.1 Å². The van der Waals surface area contributed by atoms with Crippen LogP contribution in [0, 0.1) is 12.8 Å². The first-order chi connectivity index (χ1) is 16.0. The van der Waals surface area contributed by atoms with Crippen molar-refractivity contribution < 1.29 is 14.3 Å². The van der Waals surface area contributed by atoms with Crippen molar-refractivity contribution in [1.29, 1.82) is 0 Å². The van der Waals surface area contributed by atoms with Gasteiger partial charge in [0.1, 0.15) is 12.4 Å². The second kappa shape index (κ2) is 10.4. The molecule has 2 amide bonds. The third-order valence-electron chi connectivity index (χ3n) is 5.43. The number of carbonyl (C=O) groups is 2. The largest absolute Gasteiger partial charge is 0.489 e. The van der Waals surface area contributed by atoms with E-state index in [9.17, 15) is 9.59 Å². The van der Waals surface area contributed by atoms with E-state index in [0.29, 0.717) is 13.2 Å². The first kappa shape index (κ1) is 22.7. The van der Waals surface area contributed by atoms with E-state index in [0.717, 1.165) is 32.6 Å². The van der Waals surface area contributed by atoms with Crippen molar-refractivity contribution in [2.45, 2.75) is 20.0 Å². The van der Waals surface area contributed by atoms with Crippen LogP contribution in [0.5, 0.6) is 5.75 Å². The molecule has 1 aliphatic rings. The number of ether oxygens (including phenoxy) is 1. The molecular weight excluding hydrogens is 482 g/mol. The number of rotatable bonds is 7. The molecule has 4 rings (SSSR count). The zero-order valence-electron chi connectivity index (χ0n) is 18.2. The average Bonchev–Trinajstić information content (AvgIpc) is 3.22. The molecular formula is C26H24BrN3O3. The van der Waals surface area contributed by atoms with Crippen molar-refractivity contribution in [2.75, 3.05) is 11.4 Å². The van der Waals surface area contributed by atoms with Crippen LogP contribution in [0.2, 0.25) is 0 Å². The number of benzene rings is 3. The molecule has 1 N–H and O–H groups in total. The Hall–Kier alpha value is -3.45. The maximum Gasteiger partial charge on any atom is 0.245 e. The lowest BCUT2D eigenvalue weighted by Gasteiger charge is -2.16. The predicted molar refractivity (Wildman–Crippen MR) is 132 cm³/mol. The highest BCUT2D eigenvalue weighted by atomic mass is 79.9. The summed E-state index contributed by atoms with van der Waals surface area (Å²) in [6, 6.07) is 23.1. The molecule has 0 radical (unpaired) electrons. The van der Waals surface area contributed by atoms with Gasteiger partial charge in [0.15, 0.2) is 0 Å². The number of halogens is 1. The van der Waals surface area contributed by atoms with Gasteiger partial charge in [-0.15, -0.1) is 0 Å². The van der Waals surface area contributed by atoms with E-state index in [1.54, 1.807) is 11.1 Å². The molecule has 7 heteroatoms. The molecule has 33 heavy (non-hydrogen) atoms. The molecule has 0 aromatic heterocycles. The summed E-state index contributed by atoms with van der Waals surface area (Å²) >= 11 is 3.42. The summed E-state index contributed by atoms with van der Waals surface area (Å²) in [4.78, 5) is 26.5. The summed E-state index contributed by atoms with van der Waals surface area (Å²) in [7, 11) is 0. The van der Waals surface area contributed by atoms with Crippen LogP contribution in [0.15, 0.2) is 82.4 Å². The van der Waals surface area contributed by atoms with Gasteiger partial charge in [-0.25, -0.2) is 5.43 Å². The lowest BCUT2D eigenvalue weighted by molar-refractivity contribution is -0.126. The molecule has 0 saturated carbocycles. The lowest BCUT2D eigenvalue weighted by Crippen LogP contribution is -2.30. The fourth-order valence-electron chi connectivity index (χ4n) is 3.52. The van der Waals surface area contributed by atoms with Crippen molar-refractivity contribution in [3.63, 3.8) is 0 Å². The third-order valence-corrected chi connectivity index (χ3v) is 5.96. The standard InChI is InChI=1S/C26H24BrN3O3/c1-18-2-10-23(11-3-18)30-16-21(14-25(30)31)26(32)29-28-15-19-6-12-24(13-7-19)33-17-20-4-8-22(27)9-5-20/h2-13,15,21H,14,16-17H2,1H3,(H,29,32)/b28-15+/t21-/m0/s1. The van der Waals surface area contributed by atoms with Gasteiger partial charge in [-0.3, -0.25) is 9.59 Å². The fourth-order valence-corrected chi connectivity index (χ4v) is 3.78. The number of nitrogens with one attached hydrogen (secondary N) is 1. The molecule has 1 heterocycles. The van der Waals surface area contributed by atoms with E-state index >= 15 is 0 Å². The highest BCUT2D eigenvalue weighted by Crippen LogP contribution is 2.25. The first-order valence-corrected chi connectivity index (χ1v) is 11.4. The molecule has 0 aliphatic carbocycles. The van der Waals surface area contributed by atoms with Gasteiger partial charge >= 0.3 is 0 Å². The van der Waals surface area contributed by atoms with Crippen molar-refractivity contribution in [3.05, 3.63) is 94.0 Å². The minimum atomic E-state index is -0.426. The minimum absolute atomic E-state index is 0.0540. The number of hydrogen-bond donors (Lipinski definition) is 1. The van der Waals surface area contributed by atoms with Crippen LogP contribution in [-0.4, -0.2) is 24.6 Å². The summed E-state index contributed by atoms with van der Waals surface area (Å²) in [6.45, 7) is 2.83. The summed E-state index contributed by atoms with van der Waals surface area (Å²) in [5, 5.41) is 4.05. The molecule has 0 bridgehead atoms. The number of carbonyl (C=O) groups excluding carboxylic acids is 2. The Balaban J connectivity index is 1.26. The number of nitrogens with zero attached hydrogens (tertiary/aromatic N) is 2. The van der Waals surface area contributed by atoms with Crippen LogP contribution in [0.1, 0.15) is 23.1 Å². The van der Waals surface area contributed by atoms with Crippen molar-refractivity contribution in [3.8, 4) is 5.75 Å². The van der Waals surface area contributed by atoms with Crippen molar-refractivity contribution >= 4 is 39.6 Å². The van der Waals surface area contributed by atoms with Crippen LogP contribution in [0.25, 0.3) is 0 Å². The number of hydrazone groups is 1. The molecule has 168 valence electrons. The van der Waals surface area contributed by atoms with E-state index in [1.807, 2.05) is 79.7 Å². The van der Waals surface area contributed by atoms with Gasteiger partial charge in [0.25, 0.3) is 0 Å². The van der Waals surface area contributed by atoms with E-state index in [-0.39, 0.29) is 18.2 Å². The molecule has 1 saturated heterocycles. The van der Waals surface area contributed by atoms with E-state index < -0.39 is 5.92 Å². The fraction of sp³-hybridized carbons (Fsp3) is 0.192. The van der Waals surface area contributed by atoms with Crippen LogP contribution in [-0.2, 0) is 16.2 Å². The van der Waals surface area contributed by atoms with E-state index in [2.05, 4.69) is 26.5 Å². The van der Waals surface area contributed by atoms with Gasteiger partial charge in [0.2, 0.25) is 11.8 Å².